The summed E-state index contributed by atoms with van der Waals surface area (Å²) in [6.07, 6.45) is 1.27. The fourth-order valence-electron chi connectivity index (χ4n) is 2.16. The molecule has 1 unspecified atom stereocenters. The van der Waals surface area contributed by atoms with E-state index in [1.807, 2.05) is 24.3 Å². The lowest BCUT2D eigenvalue weighted by molar-refractivity contribution is -0.140. The lowest BCUT2D eigenvalue weighted by atomic mass is 9.95. The molecule has 0 heterocycles. The highest BCUT2D eigenvalue weighted by Crippen LogP contribution is 2.33. The van der Waals surface area contributed by atoms with Gasteiger partial charge < -0.3 is 5.11 Å². The number of hydrogen-bond donors (Lipinski definition) is 1. The van der Waals surface area contributed by atoms with Gasteiger partial charge >= 0.3 is 5.97 Å². The van der Waals surface area contributed by atoms with Crippen molar-refractivity contribution in [3.8, 4) is 0 Å². The highest BCUT2D eigenvalue weighted by molar-refractivity contribution is 5.99. The molecule has 1 N–H and O–H groups in total. The molecule has 15 heavy (non-hydrogen) atoms. The van der Waals surface area contributed by atoms with Gasteiger partial charge in [-0.25, -0.2) is 0 Å². The van der Waals surface area contributed by atoms with Crippen molar-refractivity contribution >= 4 is 11.8 Å². The largest absolute Gasteiger partial charge is 0.481 e. The van der Waals surface area contributed by atoms with E-state index in [-0.39, 0.29) is 18.1 Å². The van der Waals surface area contributed by atoms with Gasteiger partial charge in [-0.3, -0.25) is 9.59 Å². The molecular weight excluding hydrogens is 192 g/mol. The van der Waals surface area contributed by atoms with Crippen molar-refractivity contribution in [1.29, 1.82) is 0 Å². The predicted molar refractivity (Wildman–Crippen MR) is 54.8 cm³/mol. The molecule has 0 saturated carbocycles. The molecule has 1 aliphatic carbocycles. The monoisotopic (exact) mass is 204 g/mol. The number of carbonyl (C=O) groups excluding carboxylic acids is 1. The molecule has 78 valence electrons. The second-order valence-electron chi connectivity index (χ2n) is 3.83. The Morgan fingerprint density at radius 3 is 2.80 bits per heavy atom. The standard InChI is InChI=1S/C12H12O3/c13-11(7-12(14)15)10-6-5-8-3-1-2-4-9(8)10/h1-4,10H,5-7H2,(H,14,15). The van der Waals surface area contributed by atoms with Gasteiger partial charge in [-0.1, -0.05) is 24.3 Å². The lowest BCUT2D eigenvalue weighted by Crippen LogP contribution is -2.14. The van der Waals surface area contributed by atoms with Gasteiger partial charge in [0.25, 0.3) is 0 Å². The van der Waals surface area contributed by atoms with Crippen LogP contribution in [-0.4, -0.2) is 16.9 Å². The van der Waals surface area contributed by atoms with Crippen molar-refractivity contribution in [3.63, 3.8) is 0 Å². The number of benzene rings is 1. The maximum absolute atomic E-state index is 11.6. The molecule has 0 bridgehead atoms. The molecule has 0 spiro atoms. The van der Waals surface area contributed by atoms with Gasteiger partial charge in [0.05, 0.1) is 0 Å². The van der Waals surface area contributed by atoms with Crippen LogP contribution < -0.4 is 0 Å². The van der Waals surface area contributed by atoms with Crippen molar-refractivity contribution in [1.82, 2.24) is 0 Å². The van der Waals surface area contributed by atoms with Crippen molar-refractivity contribution in [2.45, 2.75) is 25.2 Å². The maximum atomic E-state index is 11.6. The van der Waals surface area contributed by atoms with Crippen molar-refractivity contribution in [2.24, 2.45) is 0 Å². The molecule has 1 aromatic carbocycles. The summed E-state index contributed by atoms with van der Waals surface area (Å²) in [5.41, 5.74) is 2.20. The van der Waals surface area contributed by atoms with Crippen molar-refractivity contribution in [2.75, 3.05) is 0 Å². The van der Waals surface area contributed by atoms with Crippen LogP contribution >= 0.6 is 0 Å². The van der Waals surface area contributed by atoms with Crippen LogP contribution in [0.25, 0.3) is 0 Å². The zero-order valence-corrected chi connectivity index (χ0v) is 8.27. The highest BCUT2D eigenvalue weighted by atomic mass is 16.4. The third kappa shape index (κ3) is 1.91. The number of Topliss-reactive ketones (excluding diaryl/α,β-unsaturated/α-hetero) is 1. The zero-order valence-electron chi connectivity index (χ0n) is 8.27. The van der Waals surface area contributed by atoms with Gasteiger partial charge in [0.15, 0.2) is 5.78 Å². The Morgan fingerprint density at radius 2 is 2.07 bits per heavy atom. The first-order valence-corrected chi connectivity index (χ1v) is 5.01. The molecule has 1 atom stereocenters. The molecule has 0 aliphatic heterocycles. The highest BCUT2D eigenvalue weighted by Gasteiger charge is 2.28. The van der Waals surface area contributed by atoms with Crippen molar-refractivity contribution in [3.05, 3.63) is 35.4 Å². The minimum atomic E-state index is -1.04. The number of hydrogen-bond acceptors (Lipinski definition) is 2. The summed E-state index contributed by atoms with van der Waals surface area (Å²) >= 11 is 0. The molecule has 2 rings (SSSR count). The molecule has 0 radical (unpaired) electrons. The second-order valence-corrected chi connectivity index (χ2v) is 3.83. The van der Waals surface area contributed by atoms with Crippen LogP contribution in [0.5, 0.6) is 0 Å². The summed E-state index contributed by atoms with van der Waals surface area (Å²) in [6.45, 7) is 0. The topological polar surface area (TPSA) is 54.4 Å². The number of fused-ring (bicyclic) bond motifs is 1. The third-order valence-electron chi connectivity index (χ3n) is 2.85. The number of ketones is 1. The van der Waals surface area contributed by atoms with E-state index in [9.17, 15) is 9.59 Å². The number of aliphatic carboxylic acids is 1. The average molecular weight is 204 g/mol. The second kappa shape index (κ2) is 3.85. The SMILES string of the molecule is O=C(O)CC(=O)C1CCc2ccccc21. The van der Waals surface area contributed by atoms with E-state index in [0.717, 1.165) is 18.4 Å². The van der Waals surface area contributed by atoms with E-state index in [1.54, 1.807) is 0 Å². The molecule has 0 saturated heterocycles. The number of carboxylic acids is 1. The summed E-state index contributed by atoms with van der Waals surface area (Å²) in [6, 6.07) is 7.77. The first-order valence-electron chi connectivity index (χ1n) is 5.01. The molecule has 0 amide bonds. The molecule has 1 aliphatic rings. The Kier molecular flexibility index (Phi) is 2.54. The Labute approximate surface area is 87.7 Å². The minimum absolute atomic E-state index is 0.174. The van der Waals surface area contributed by atoms with Crippen LogP contribution in [0.15, 0.2) is 24.3 Å². The van der Waals surface area contributed by atoms with Crippen LogP contribution in [-0.2, 0) is 16.0 Å². The first kappa shape index (κ1) is 9.90. The fourth-order valence-corrected chi connectivity index (χ4v) is 2.16. The number of rotatable bonds is 3. The molecular formula is C12H12O3. The van der Waals surface area contributed by atoms with E-state index >= 15 is 0 Å². The minimum Gasteiger partial charge on any atom is -0.481 e. The quantitative estimate of drug-likeness (QED) is 0.763. The summed E-state index contributed by atoms with van der Waals surface area (Å²) in [5, 5.41) is 8.57. The Morgan fingerprint density at radius 1 is 1.33 bits per heavy atom. The van der Waals surface area contributed by atoms with E-state index in [0.29, 0.717) is 0 Å². The molecule has 0 fully saturated rings. The van der Waals surface area contributed by atoms with Crippen LogP contribution in [0.3, 0.4) is 0 Å². The van der Waals surface area contributed by atoms with Gasteiger partial charge in [-0.2, -0.15) is 0 Å². The number of aryl methyl sites for hydroxylation is 1. The molecule has 3 nitrogen and oxygen atoms in total. The van der Waals surface area contributed by atoms with E-state index in [4.69, 9.17) is 5.11 Å². The van der Waals surface area contributed by atoms with Crippen LogP contribution in [0.4, 0.5) is 0 Å². The van der Waals surface area contributed by atoms with Crippen molar-refractivity contribution < 1.29 is 14.7 Å². The number of carboxylic acid groups (broad SMARTS) is 1. The Hall–Kier alpha value is -1.64. The van der Waals surface area contributed by atoms with Crippen LogP contribution in [0, 0.1) is 0 Å². The van der Waals surface area contributed by atoms with Gasteiger partial charge in [-0.05, 0) is 24.0 Å². The Bertz CT molecular complexity index is 409. The summed E-state index contributed by atoms with van der Waals surface area (Å²) in [4.78, 5) is 22.1. The summed E-state index contributed by atoms with van der Waals surface area (Å²) in [5.74, 6) is -1.41. The molecule has 3 heteroatoms. The zero-order chi connectivity index (χ0) is 10.8. The third-order valence-corrected chi connectivity index (χ3v) is 2.85. The summed E-state index contributed by atoms with van der Waals surface area (Å²) in [7, 11) is 0. The van der Waals surface area contributed by atoms with Gasteiger partial charge in [0, 0.05) is 5.92 Å². The number of carbonyl (C=O) groups is 2. The van der Waals surface area contributed by atoms with Gasteiger partial charge in [-0.15, -0.1) is 0 Å². The summed E-state index contributed by atoms with van der Waals surface area (Å²) < 4.78 is 0. The normalized spacial score (nSPS) is 18.5. The average Bonchev–Trinajstić information content (AvgIpc) is 2.59. The Balaban J connectivity index is 2.20. The molecule has 0 aromatic heterocycles. The first-order chi connectivity index (χ1) is 7.18. The van der Waals surface area contributed by atoms with Gasteiger partial charge in [0.2, 0.25) is 0 Å². The smallest absolute Gasteiger partial charge is 0.310 e. The maximum Gasteiger partial charge on any atom is 0.310 e. The van der Waals surface area contributed by atoms with E-state index in [1.165, 1.54) is 5.56 Å². The lowest BCUT2D eigenvalue weighted by Gasteiger charge is -2.08. The molecule has 1 aromatic rings. The predicted octanol–water partition coefficient (Wildman–Crippen LogP) is 1.76. The van der Waals surface area contributed by atoms with Crippen LogP contribution in [0.2, 0.25) is 0 Å². The van der Waals surface area contributed by atoms with Gasteiger partial charge in [0.1, 0.15) is 6.42 Å². The van der Waals surface area contributed by atoms with E-state index in [2.05, 4.69) is 0 Å². The van der Waals surface area contributed by atoms with Crippen LogP contribution in [0.1, 0.15) is 29.9 Å². The fraction of sp³-hybridized carbons (Fsp3) is 0.333. The van der Waals surface area contributed by atoms with E-state index < -0.39 is 5.97 Å².